The predicted octanol–water partition coefficient (Wildman–Crippen LogP) is 3.92. The third kappa shape index (κ3) is 4.58. The number of amides is 1. The summed E-state index contributed by atoms with van der Waals surface area (Å²) < 4.78 is 41.7. The highest BCUT2D eigenvalue weighted by molar-refractivity contribution is 6.31. The summed E-state index contributed by atoms with van der Waals surface area (Å²) in [5.41, 5.74) is -2.52. The monoisotopic (exact) mass is 488 g/mol. The second-order valence-corrected chi connectivity index (χ2v) is 7.72. The molecule has 0 aliphatic rings. The minimum Gasteiger partial charge on any atom is -0.324 e. The fourth-order valence-electron chi connectivity index (χ4n) is 3.50. The van der Waals surface area contributed by atoms with E-state index in [1.54, 1.807) is 24.3 Å². The number of carbonyl (C=O) groups excluding carboxylic acids is 1. The van der Waals surface area contributed by atoms with Gasteiger partial charge in [-0.1, -0.05) is 41.9 Å². The summed E-state index contributed by atoms with van der Waals surface area (Å²) in [4.78, 5) is 42.9. The van der Waals surface area contributed by atoms with Crippen LogP contribution in [0.15, 0.2) is 76.4 Å². The van der Waals surface area contributed by atoms with Crippen molar-refractivity contribution in [2.45, 2.75) is 19.3 Å². The van der Waals surface area contributed by atoms with Crippen molar-refractivity contribution in [1.29, 1.82) is 0 Å². The summed E-state index contributed by atoms with van der Waals surface area (Å²) >= 11 is 6.17. The van der Waals surface area contributed by atoms with E-state index in [0.717, 1.165) is 21.3 Å². The van der Waals surface area contributed by atoms with Crippen LogP contribution < -0.4 is 16.6 Å². The first-order valence-corrected chi connectivity index (χ1v) is 10.3. The Kier molecular flexibility index (Phi) is 6.25. The van der Waals surface area contributed by atoms with Crippen LogP contribution in [-0.4, -0.2) is 20.0 Å². The Morgan fingerprint density at radius 3 is 2.41 bits per heavy atom. The molecule has 0 aliphatic carbocycles. The van der Waals surface area contributed by atoms with E-state index in [1.165, 1.54) is 30.5 Å². The van der Waals surface area contributed by atoms with Crippen LogP contribution in [0, 0.1) is 0 Å². The van der Waals surface area contributed by atoms with Gasteiger partial charge in [0.1, 0.15) is 12.2 Å². The average molecular weight is 489 g/mol. The number of nitrogens with zero attached hydrogens (tertiary/aromatic N) is 3. The topological polar surface area (TPSA) is 86.0 Å². The molecule has 2 aromatic carbocycles. The molecular weight excluding hydrogens is 473 g/mol. The van der Waals surface area contributed by atoms with Gasteiger partial charge in [0.05, 0.1) is 23.2 Å². The van der Waals surface area contributed by atoms with Crippen LogP contribution in [0.4, 0.5) is 18.9 Å². The number of carbonyl (C=O) groups is 1. The zero-order valence-corrected chi connectivity index (χ0v) is 18.1. The Balaban J connectivity index is 1.76. The Morgan fingerprint density at radius 1 is 0.971 bits per heavy atom. The van der Waals surface area contributed by atoms with Crippen molar-refractivity contribution in [3.63, 3.8) is 0 Å². The second-order valence-electron chi connectivity index (χ2n) is 7.32. The lowest BCUT2D eigenvalue weighted by Crippen LogP contribution is -2.42. The standard InChI is InChI=1S/C23H16ClF3N4O3/c24-17-9-3-1-6-14(17)12-31-21(33)15-7-5-11-28-20(15)30(22(31)34)13-19(32)29-18-10-4-2-8-16(18)23(25,26)27/h1-11H,12-13H2,(H,29,32). The molecule has 2 heterocycles. The van der Waals surface area contributed by atoms with Crippen LogP contribution in [0.1, 0.15) is 11.1 Å². The van der Waals surface area contributed by atoms with Crippen molar-refractivity contribution in [3.8, 4) is 0 Å². The molecule has 174 valence electrons. The molecule has 0 saturated heterocycles. The van der Waals surface area contributed by atoms with Crippen molar-refractivity contribution in [3.05, 3.63) is 104 Å². The maximum atomic E-state index is 13.3. The maximum absolute atomic E-state index is 13.3. The van der Waals surface area contributed by atoms with Gasteiger partial charge in [-0.2, -0.15) is 13.2 Å². The molecule has 34 heavy (non-hydrogen) atoms. The molecule has 1 N–H and O–H groups in total. The molecule has 4 rings (SSSR count). The number of benzene rings is 2. The van der Waals surface area contributed by atoms with Gasteiger partial charge in [0.15, 0.2) is 0 Å². The Hall–Kier alpha value is -3.92. The zero-order valence-electron chi connectivity index (χ0n) is 17.3. The van der Waals surface area contributed by atoms with Gasteiger partial charge in [0.25, 0.3) is 5.56 Å². The normalized spacial score (nSPS) is 11.5. The maximum Gasteiger partial charge on any atom is 0.418 e. The van der Waals surface area contributed by atoms with E-state index in [-0.39, 0.29) is 17.6 Å². The molecule has 7 nitrogen and oxygen atoms in total. The fourth-order valence-corrected chi connectivity index (χ4v) is 3.69. The third-order valence-electron chi connectivity index (χ3n) is 5.07. The third-order valence-corrected chi connectivity index (χ3v) is 5.44. The highest BCUT2D eigenvalue weighted by Gasteiger charge is 2.33. The number of rotatable bonds is 5. The number of alkyl halides is 3. The Bertz CT molecular complexity index is 1510. The molecular formula is C23H16ClF3N4O3. The number of para-hydroxylation sites is 1. The summed E-state index contributed by atoms with van der Waals surface area (Å²) in [7, 11) is 0. The van der Waals surface area contributed by atoms with Gasteiger partial charge in [-0.3, -0.25) is 18.7 Å². The van der Waals surface area contributed by atoms with Gasteiger partial charge in [0, 0.05) is 11.2 Å². The SMILES string of the molecule is O=C(Cn1c(=O)n(Cc2ccccc2Cl)c(=O)c2cccnc21)Nc1ccccc1C(F)(F)F. The first kappa shape index (κ1) is 23.2. The van der Waals surface area contributed by atoms with E-state index in [0.29, 0.717) is 10.6 Å². The number of aromatic nitrogens is 3. The van der Waals surface area contributed by atoms with E-state index >= 15 is 0 Å². The lowest BCUT2D eigenvalue weighted by atomic mass is 10.1. The lowest BCUT2D eigenvalue weighted by Gasteiger charge is -2.16. The second kappa shape index (κ2) is 9.14. The van der Waals surface area contributed by atoms with E-state index in [2.05, 4.69) is 10.3 Å². The molecule has 2 aromatic heterocycles. The average Bonchev–Trinajstić information content (AvgIpc) is 2.80. The summed E-state index contributed by atoms with van der Waals surface area (Å²) in [5, 5.41) is 2.60. The van der Waals surface area contributed by atoms with Gasteiger partial charge in [-0.05, 0) is 35.9 Å². The predicted molar refractivity (Wildman–Crippen MR) is 121 cm³/mol. The zero-order chi connectivity index (χ0) is 24.5. The number of hydrogen-bond donors (Lipinski definition) is 1. The Morgan fingerprint density at radius 2 is 1.68 bits per heavy atom. The highest BCUT2D eigenvalue weighted by Crippen LogP contribution is 2.34. The van der Waals surface area contributed by atoms with Crippen molar-refractivity contribution >= 4 is 34.2 Å². The Labute approximate surface area is 195 Å². The smallest absolute Gasteiger partial charge is 0.324 e. The van der Waals surface area contributed by atoms with E-state index in [9.17, 15) is 27.6 Å². The van der Waals surface area contributed by atoms with Crippen molar-refractivity contribution in [2.24, 2.45) is 0 Å². The molecule has 0 aliphatic heterocycles. The summed E-state index contributed by atoms with van der Waals surface area (Å²) in [6, 6.07) is 14.1. The number of halogens is 4. The van der Waals surface area contributed by atoms with Crippen molar-refractivity contribution in [2.75, 3.05) is 5.32 Å². The number of anilines is 1. The van der Waals surface area contributed by atoms with Gasteiger partial charge in [-0.15, -0.1) is 0 Å². The van der Waals surface area contributed by atoms with Gasteiger partial charge in [-0.25, -0.2) is 9.78 Å². The fraction of sp³-hybridized carbons (Fsp3) is 0.130. The van der Waals surface area contributed by atoms with Crippen molar-refractivity contribution < 1.29 is 18.0 Å². The molecule has 0 fully saturated rings. The number of nitrogens with one attached hydrogen (secondary N) is 1. The van der Waals surface area contributed by atoms with Crippen LogP contribution in [0.5, 0.6) is 0 Å². The molecule has 0 spiro atoms. The quantitative estimate of drug-likeness (QED) is 0.461. The number of pyridine rings is 1. The largest absolute Gasteiger partial charge is 0.418 e. The van der Waals surface area contributed by atoms with E-state index in [1.807, 2.05) is 0 Å². The molecule has 0 bridgehead atoms. The van der Waals surface area contributed by atoms with E-state index in [4.69, 9.17) is 11.6 Å². The van der Waals surface area contributed by atoms with Crippen LogP contribution in [0.3, 0.4) is 0 Å². The molecule has 11 heteroatoms. The number of fused-ring (bicyclic) bond motifs is 1. The lowest BCUT2D eigenvalue weighted by molar-refractivity contribution is -0.137. The molecule has 1 amide bonds. The molecule has 0 saturated carbocycles. The first-order chi connectivity index (χ1) is 16.2. The van der Waals surface area contributed by atoms with Crippen LogP contribution in [-0.2, 0) is 24.1 Å². The van der Waals surface area contributed by atoms with Gasteiger partial charge >= 0.3 is 11.9 Å². The molecule has 0 radical (unpaired) electrons. The highest BCUT2D eigenvalue weighted by atomic mass is 35.5. The van der Waals surface area contributed by atoms with E-state index < -0.39 is 41.1 Å². The van der Waals surface area contributed by atoms with Crippen LogP contribution in [0.25, 0.3) is 11.0 Å². The summed E-state index contributed by atoms with van der Waals surface area (Å²) in [6.07, 6.45) is -3.34. The van der Waals surface area contributed by atoms with Gasteiger partial charge < -0.3 is 5.32 Å². The molecule has 0 atom stereocenters. The minimum absolute atomic E-state index is 0.0628. The van der Waals surface area contributed by atoms with Crippen molar-refractivity contribution in [1.82, 2.24) is 14.1 Å². The summed E-state index contributed by atoms with van der Waals surface area (Å²) in [6.45, 7) is -0.831. The van der Waals surface area contributed by atoms with Crippen LogP contribution in [0.2, 0.25) is 5.02 Å². The minimum atomic E-state index is -4.68. The summed E-state index contributed by atoms with van der Waals surface area (Å²) in [5.74, 6) is -0.895. The first-order valence-electron chi connectivity index (χ1n) is 9.94. The molecule has 4 aromatic rings. The van der Waals surface area contributed by atoms with Gasteiger partial charge in [0.2, 0.25) is 5.91 Å². The molecule has 0 unspecified atom stereocenters. The van der Waals surface area contributed by atoms with Crippen LogP contribution >= 0.6 is 11.6 Å². The number of hydrogen-bond acceptors (Lipinski definition) is 4.